The summed E-state index contributed by atoms with van der Waals surface area (Å²) in [6.45, 7) is 8.00. The standard InChI is InChI=1S/C10H18O/c1-5-9(6-2)8(4)10(11)7-3/h5,8H,6-7H2,1-4H3/b9-5-. The largest absolute Gasteiger partial charge is 0.299 e. The van der Waals surface area contributed by atoms with Gasteiger partial charge in [0.25, 0.3) is 0 Å². The third-order valence-electron chi connectivity index (χ3n) is 2.17. The van der Waals surface area contributed by atoms with Crippen LogP contribution in [0.3, 0.4) is 0 Å². The number of ketones is 1. The molecule has 1 nitrogen and oxygen atoms in total. The fraction of sp³-hybridized carbons (Fsp3) is 0.700. The van der Waals surface area contributed by atoms with Crippen LogP contribution in [0.2, 0.25) is 0 Å². The topological polar surface area (TPSA) is 17.1 Å². The Hall–Kier alpha value is -0.590. The molecular weight excluding hydrogens is 136 g/mol. The van der Waals surface area contributed by atoms with Gasteiger partial charge in [-0.05, 0) is 13.3 Å². The van der Waals surface area contributed by atoms with Gasteiger partial charge in [-0.25, -0.2) is 0 Å². The first-order valence-electron chi connectivity index (χ1n) is 4.35. The minimum absolute atomic E-state index is 0.134. The number of hydrogen-bond donors (Lipinski definition) is 0. The second-order valence-corrected chi connectivity index (χ2v) is 2.76. The van der Waals surface area contributed by atoms with Crippen LogP contribution in [0.25, 0.3) is 0 Å². The monoisotopic (exact) mass is 154 g/mol. The molecule has 1 heteroatoms. The number of rotatable bonds is 4. The average molecular weight is 154 g/mol. The Kier molecular flexibility index (Phi) is 4.84. The SMILES string of the molecule is C/C=C(/CC)C(C)C(=O)CC. The molecule has 0 bridgehead atoms. The molecule has 0 saturated carbocycles. The van der Waals surface area contributed by atoms with Crippen molar-refractivity contribution in [1.82, 2.24) is 0 Å². The van der Waals surface area contributed by atoms with Crippen LogP contribution >= 0.6 is 0 Å². The van der Waals surface area contributed by atoms with Crippen molar-refractivity contribution in [2.75, 3.05) is 0 Å². The molecule has 0 spiro atoms. The minimum atomic E-state index is 0.134. The van der Waals surface area contributed by atoms with E-state index in [2.05, 4.69) is 13.0 Å². The summed E-state index contributed by atoms with van der Waals surface area (Å²) in [5.74, 6) is 0.481. The molecule has 0 aromatic rings. The van der Waals surface area contributed by atoms with E-state index in [9.17, 15) is 4.79 Å². The van der Waals surface area contributed by atoms with Crippen molar-refractivity contribution in [3.05, 3.63) is 11.6 Å². The predicted octanol–water partition coefficient (Wildman–Crippen LogP) is 2.96. The molecule has 0 saturated heterocycles. The summed E-state index contributed by atoms with van der Waals surface area (Å²) in [5.41, 5.74) is 1.26. The lowest BCUT2D eigenvalue weighted by molar-refractivity contribution is -0.121. The van der Waals surface area contributed by atoms with Crippen LogP contribution in [0, 0.1) is 5.92 Å². The maximum atomic E-state index is 11.2. The zero-order valence-electron chi connectivity index (χ0n) is 7.98. The van der Waals surface area contributed by atoms with E-state index in [0.29, 0.717) is 12.2 Å². The summed E-state index contributed by atoms with van der Waals surface area (Å²) >= 11 is 0. The molecule has 0 aliphatic rings. The van der Waals surface area contributed by atoms with E-state index in [1.807, 2.05) is 20.8 Å². The summed E-state index contributed by atoms with van der Waals surface area (Å²) in [6, 6.07) is 0. The lowest BCUT2D eigenvalue weighted by Gasteiger charge is -2.11. The van der Waals surface area contributed by atoms with Gasteiger partial charge in [0.2, 0.25) is 0 Å². The highest BCUT2D eigenvalue weighted by molar-refractivity contribution is 5.82. The zero-order chi connectivity index (χ0) is 8.85. The van der Waals surface area contributed by atoms with Crippen molar-refractivity contribution in [1.29, 1.82) is 0 Å². The Morgan fingerprint density at radius 1 is 1.36 bits per heavy atom. The maximum Gasteiger partial charge on any atom is 0.139 e. The Balaban J connectivity index is 4.21. The van der Waals surface area contributed by atoms with Crippen LogP contribution in [0.1, 0.15) is 40.5 Å². The molecule has 0 fully saturated rings. The molecule has 0 rings (SSSR count). The lowest BCUT2D eigenvalue weighted by Crippen LogP contribution is -2.11. The lowest BCUT2D eigenvalue weighted by atomic mass is 9.93. The summed E-state index contributed by atoms with van der Waals surface area (Å²) in [4.78, 5) is 11.2. The van der Waals surface area contributed by atoms with E-state index < -0.39 is 0 Å². The highest BCUT2D eigenvalue weighted by Crippen LogP contribution is 2.15. The molecule has 1 unspecified atom stereocenters. The molecular formula is C10H18O. The van der Waals surface area contributed by atoms with Crippen LogP contribution in [0.5, 0.6) is 0 Å². The van der Waals surface area contributed by atoms with Crippen LogP contribution in [-0.4, -0.2) is 5.78 Å². The van der Waals surface area contributed by atoms with Gasteiger partial charge in [0.1, 0.15) is 5.78 Å². The van der Waals surface area contributed by atoms with E-state index in [0.717, 1.165) is 6.42 Å². The molecule has 0 N–H and O–H groups in total. The highest BCUT2D eigenvalue weighted by atomic mass is 16.1. The van der Waals surface area contributed by atoms with Gasteiger partial charge >= 0.3 is 0 Å². The van der Waals surface area contributed by atoms with Crippen LogP contribution < -0.4 is 0 Å². The number of carbonyl (C=O) groups excluding carboxylic acids is 1. The molecule has 0 aromatic heterocycles. The van der Waals surface area contributed by atoms with Crippen molar-refractivity contribution in [2.45, 2.75) is 40.5 Å². The van der Waals surface area contributed by atoms with E-state index in [1.165, 1.54) is 5.57 Å². The van der Waals surface area contributed by atoms with Crippen molar-refractivity contribution >= 4 is 5.78 Å². The minimum Gasteiger partial charge on any atom is -0.299 e. The molecule has 0 aliphatic heterocycles. The normalized spacial score (nSPS) is 14.7. The number of allylic oxidation sites excluding steroid dienone is 2. The Morgan fingerprint density at radius 3 is 2.18 bits per heavy atom. The first-order chi connectivity index (χ1) is 5.17. The van der Waals surface area contributed by atoms with Gasteiger partial charge in [0, 0.05) is 12.3 Å². The summed E-state index contributed by atoms with van der Waals surface area (Å²) < 4.78 is 0. The molecule has 0 radical (unpaired) electrons. The summed E-state index contributed by atoms with van der Waals surface area (Å²) in [6.07, 6.45) is 3.69. The Labute approximate surface area is 69.5 Å². The molecule has 11 heavy (non-hydrogen) atoms. The van der Waals surface area contributed by atoms with E-state index in [-0.39, 0.29) is 5.92 Å². The second-order valence-electron chi connectivity index (χ2n) is 2.76. The van der Waals surface area contributed by atoms with Crippen LogP contribution in [0.15, 0.2) is 11.6 Å². The zero-order valence-corrected chi connectivity index (χ0v) is 7.98. The number of Topliss-reactive ketones (excluding diaryl/α,β-unsaturated/α-hetero) is 1. The Morgan fingerprint density at radius 2 is 1.91 bits per heavy atom. The predicted molar refractivity (Wildman–Crippen MR) is 48.5 cm³/mol. The van der Waals surface area contributed by atoms with Gasteiger partial charge in [0.15, 0.2) is 0 Å². The van der Waals surface area contributed by atoms with E-state index in [1.54, 1.807) is 0 Å². The quantitative estimate of drug-likeness (QED) is 0.569. The number of hydrogen-bond acceptors (Lipinski definition) is 1. The molecule has 0 heterocycles. The van der Waals surface area contributed by atoms with Crippen LogP contribution in [-0.2, 0) is 4.79 Å². The summed E-state index contributed by atoms with van der Waals surface area (Å²) in [7, 11) is 0. The van der Waals surface area contributed by atoms with Crippen LogP contribution in [0.4, 0.5) is 0 Å². The average Bonchev–Trinajstić information content (AvgIpc) is 2.05. The van der Waals surface area contributed by atoms with Gasteiger partial charge < -0.3 is 0 Å². The smallest absolute Gasteiger partial charge is 0.139 e. The Bertz CT molecular complexity index is 156. The van der Waals surface area contributed by atoms with E-state index in [4.69, 9.17) is 0 Å². The van der Waals surface area contributed by atoms with Crippen molar-refractivity contribution in [3.63, 3.8) is 0 Å². The van der Waals surface area contributed by atoms with Crippen molar-refractivity contribution < 1.29 is 4.79 Å². The molecule has 0 aromatic carbocycles. The molecule has 0 amide bonds. The molecule has 0 aliphatic carbocycles. The van der Waals surface area contributed by atoms with Gasteiger partial charge in [-0.15, -0.1) is 0 Å². The van der Waals surface area contributed by atoms with Crippen molar-refractivity contribution in [2.24, 2.45) is 5.92 Å². The first kappa shape index (κ1) is 10.4. The second kappa shape index (κ2) is 5.11. The van der Waals surface area contributed by atoms with Gasteiger partial charge in [0.05, 0.1) is 0 Å². The first-order valence-corrected chi connectivity index (χ1v) is 4.35. The summed E-state index contributed by atoms with van der Waals surface area (Å²) in [5, 5.41) is 0. The molecule has 64 valence electrons. The number of carbonyl (C=O) groups is 1. The maximum absolute atomic E-state index is 11.2. The molecule has 1 atom stereocenters. The fourth-order valence-corrected chi connectivity index (χ4v) is 1.27. The van der Waals surface area contributed by atoms with Crippen molar-refractivity contribution in [3.8, 4) is 0 Å². The van der Waals surface area contributed by atoms with Gasteiger partial charge in [-0.1, -0.05) is 32.4 Å². The third kappa shape index (κ3) is 2.87. The van der Waals surface area contributed by atoms with Gasteiger partial charge in [-0.2, -0.15) is 0 Å². The van der Waals surface area contributed by atoms with E-state index >= 15 is 0 Å². The van der Waals surface area contributed by atoms with Gasteiger partial charge in [-0.3, -0.25) is 4.79 Å². The third-order valence-corrected chi connectivity index (χ3v) is 2.17. The fourth-order valence-electron chi connectivity index (χ4n) is 1.27. The highest BCUT2D eigenvalue weighted by Gasteiger charge is 2.12.